The van der Waals surface area contributed by atoms with Crippen LogP contribution in [0, 0.1) is 0 Å². The molecule has 30 heavy (non-hydrogen) atoms. The van der Waals surface area contributed by atoms with Gasteiger partial charge in [0.25, 0.3) is 0 Å². The van der Waals surface area contributed by atoms with Crippen molar-refractivity contribution >= 4 is 0 Å². The van der Waals surface area contributed by atoms with Crippen LogP contribution in [-0.2, 0) is 19.7 Å². The molecule has 4 heteroatoms. The molecule has 0 atom stereocenters. The second kappa shape index (κ2) is 10.3. The summed E-state index contributed by atoms with van der Waals surface area (Å²) in [5, 5.41) is 0. The molecule has 1 aliphatic heterocycles. The highest BCUT2D eigenvalue weighted by molar-refractivity contribution is 5.43. The first kappa shape index (κ1) is 20.5. The van der Waals surface area contributed by atoms with Crippen LogP contribution in [0.4, 0.5) is 0 Å². The minimum atomic E-state index is 0.550. The number of methoxy groups -OCH3 is 1. The molecule has 1 aliphatic rings. The third-order valence-electron chi connectivity index (χ3n) is 5.88. The summed E-state index contributed by atoms with van der Waals surface area (Å²) in [4.78, 5) is 3.33. The molecule has 1 saturated heterocycles. The van der Waals surface area contributed by atoms with E-state index in [-0.39, 0.29) is 0 Å². The maximum atomic E-state index is 5.99. The molecule has 0 aromatic heterocycles. The van der Waals surface area contributed by atoms with Gasteiger partial charge in [-0.05, 0) is 23.8 Å². The van der Waals surface area contributed by atoms with Crippen molar-refractivity contribution in [3.63, 3.8) is 0 Å². The van der Waals surface area contributed by atoms with E-state index < -0.39 is 0 Å². The second-order valence-corrected chi connectivity index (χ2v) is 8.10. The molecule has 0 saturated carbocycles. The fourth-order valence-corrected chi connectivity index (χ4v) is 4.16. The van der Waals surface area contributed by atoms with E-state index in [0.29, 0.717) is 6.61 Å². The van der Waals surface area contributed by atoms with Gasteiger partial charge < -0.3 is 19.3 Å². The molecule has 0 aliphatic carbocycles. The van der Waals surface area contributed by atoms with Gasteiger partial charge in [0.05, 0.1) is 7.11 Å². The largest absolute Gasteiger partial charge is 0.493 e. The Labute approximate surface area is 179 Å². The molecular formula is C26H32N2O2+2. The standard InChI is InChI=1S/C26H30N2O2/c1-29-26-18-24(12-13-25(26)30-21-23-10-6-3-7-11-23)20-28-16-14-27(15-17-28)19-22-8-4-2-5-9-22/h2-13,18H,14-17,19-21H2,1H3/p+2. The van der Waals surface area contributed by atoms with Crippen molar-refractivity contribution in [1.82, 2.24) is 0 Å². The highest BCUT2D eigenvalue weighted by atomic mass is 16.5. The minimum absolute atomic E-state index is 0.550. The number of nitrogens with one attached hydrogen (secondary N) is 2. The fraction of sp³-hybridized carbons (Fsp3) is 0.308. The van der Waals surface area contributed by atoms with Gasteiger partial charge in [-0.15, -0.1) is 0 Å². The van der Waals surface area contributed by atoms with E-state index in [1.54, 1.807) is 16.9 Å². The molecule has 3 aromatic carbocycles. The first-order valence-corrected chi connectivity index (χ1v) is 10.8. The summed E-state index contributed by atoms with van der Waals surface area (Å²) >= 11 is 0. The number of hydrogen-bond acceptors (Lipinski definition) is 2. The Morgan fingerprint density at radius 2 is 1.20 bits per heavy atom. The first-order chi connectivity index (χ1) is 14.8. The van der Waals surface area contributed by atoms with E-state index in [1.807, 2.05) is 24.3 Å². The fourth-order valence-electron chi connectivity index (χ4n) is 4.16. The molecule has 0 radical (unpaired) electrons. The van der Waals surface area contributed by atoms with Crippen molar-refractivity contribution < 1.29 is 19.3 Å². The molecule has 156 valence electrons. The van der Waals surface area contributed by atoms with Crippen molar-refractivity contribution in [1.29, 1.82) is 0 Å². The monoisotopic (exact) mass is 404 g/mol. The van der Waals surface area contributed by atoms with Crippen LogP contribution in [0.25, 0.3) is 0 Å². The van der Waals surface area contributed by atoms with Crippen LogP contribution in [0.3, 0.4) is 0 Å². The third-order valence-corrected chi connectivity index (χ3v) is 5.88. The Morgan fingerprint density at radius 3 is 1.80 bits per heavy atom. The van der Waals surface area contributed by atoms with Gasteiger partial charge in [-0.1, -0.05) is 60.7 Å². The molecule has 3 aromatic rings. The zero-order chi connectivity index (χ0) is 20.6. The molecule has 0 bridgehead atoms. The van der Waals surface area contributed by atoms with Gasteiger partial charge in [0.15, 0.2) is 11.5 Å². The summed E-state index contributed by atoms with van der Waals surface area (Å²) in [6.07, 6.45) is 0. The topological polar surface area (TPSA) is 27.3 Å². The Hall–Kier alpha value is -2.82. The summed E-state index contributed by atoms with van der Waals surface area (Å²) in [5.74, 6) is 1.62. The zero-order valence-corrected chi connectivity index (χ0v) is 17.8. The maximum Gasteiger partial charge on any atom is 0.161 e. The lowest BCUT2D eigenvalue weighted by Crippen LogP contribution is -3.27. The van der Waals surface area contributed by atoms with Gasteiger partial charge in [-0.3, -0.25) is 0 Å². The van der Waals surface area contributed by atoms with E-state index in [2.05, 4.69) is 54.6 Å². The van der Waals surface area contributed by atoms with Gasteiger partial charge in [0.2, 0.25) is 0 Å². The lowest BCUT2D eigenvalue weighted by atomic mass is 10.1. The average molecular weight is 405 g/mol. The molecule has 0 spiro atoms. The van der Waals surface area contributed by atoms with Crippen LogP contribution >= 0.6 is 0 Å². The number of quaternary nitrogens is 2. The zero-order valence-electron chi connectivity index (χ0n) is 17.8. The molecule has 4 nitrogen and oxygen atoms in total. The first-order valence-electron chi connectivity index (χ1n) is 10.8. The maximum absolute atomic E-state index is 5.99. The number of piperazine rings is 1. The molecule has 4 rings (SSSR count). The van der Waals surface area contributed by atoms with Crippen LogP contribution in [0.5, 0.6) is 11.5 Å². The predicted molar refractivity (Wildman–Crippen MR) is 119 cm³/mol. The van der Waals surface area contributed by atoms with Gasteiger partial charge in [0.1, 0.15) is 45.9 Å². The Balaban J connectivity index is 1.29. The normalized spacial score (nSPS) is 18.7. The molecular weight excluding hydrogens is 372 g/mol. The summed E-state index contributed by atoms with van der Waals surface area (Å²) < 4.78 is 11.6. The molecule has 0 amide bonds. The van der Waals surface area contributed by atoms with E-state index in [1.165, 1.54) is 37.3 Å². The third kappa shape index (κ3) is 5.62. The van der Waals surface area contributed by atoms with Crippen LogP contribution in [0.15, 0.2) is 78.9 Å². The molecule has 2 N–H and O–H groups in total. The van der Waals surface area contributed by atoms with Gasteiger partial charge in [-0.2, -0.15) is 0 Å². The molecule has 1 fully saturated rings. The smallest absolute Gasteiger partial charge is 0.161 e. The Kier molecular flexibility index (Phi) is 7.01. The van der Waals surface area contributed by atoms with Crippen molar-refractivity contribution in [2.45, 2.75) is 19.7 Å². The lowest BCUT2D eigenvalue weighted by Gasteiger charge is -2.30. The highest BCUT2D eigenvalue weighted by Crippen LogP contribution is 2.28. The van der Waals surface area contributed by atoms with Crippen molar-refractivity contribution in [3.8, 4) is 11.5 Å². The summed E-state index contributed by atoms with van der Waals surface area (Å²) in [5.41, 5.74) is 3.90. The lowest BCUT2D eigenvalue weighted by molar-refractivity contribution is -1.02. The minimum Gasteiger partial charge on any atom is -0.493 e. The van der Waals surface area contributed by atoms with Gasteiger partial charge in [0, 0.05) is 11.1 Å². The van der Waals surface area contributed by atoms with Gasteiger partial charge >= 0.3 is 0 Å². The van der Waals surface area contributed by atoms with Crippen LogP contribution in [0.2, 0.25) is 0 Å². The van der Waals surface area contributed by atoms with Gasteiger partial charge in [-0.25, -0.2) is 0 Å². The quantitative estimate of drug-likeness (QED) is 0.599. The number of rotatable bonds is 8. The Morgan fingerprint density at radius 1 is 0.633 bits per heavy atom. The highest BCUT2D eigenvalue weighted by Gasteiger charge is 2.23. The van der Waals surface area contributed by atoms with Crippen LogP contribution < -0.4 is 19.3 Å². The van der Waals surface area contributed by atoms with E-state index >= 15 is 0 Å². The summed E-state index contributed by atoms with van der Waals surface area (Å²) in [7, 11) is 1.72. The summed E-state index contributed by atoms with van der Waals surface area (Å²) in [6.45, 7) is 7.57. The van der Waals surface area contributed by atoms with Crippen molar-refractivity contribution in [3.05, 3.63) is 95.6 Å². The predicted octanol–water partition coefficient (Wildman–Crippen LogP) is 1.76. The molecule has 0 unspecified atom stereocenters. The van der Waals surface area contributed by atoms with Crippen LogP contribution in [0.1, 0.15) is 16.7 Å². The average Bonchev–Trinajstić information content (AvgIpc) is 2.81. The van der Waals surface area contributed by atoms with E-state index in [0.717, 1.165) is 30.2 Å². The number of ether oxygens (including phenoxy) is 2. The van der Waals surface area contributed by atoms with E-state index in [9.17, 15) is 0 Å². The van der Waals surface area contributed by atoms with Crippen LogP contribution in [-0.4, -0.2) is 33.3 Å². The second-order valence-electron chi connectivity index (χ2n) is 8.10. The number of benzene rings is 3. The number of hydrogen-bond donors (Lipinski definition) is 2. The Bertz CT molecular complexity index is 907. The summed E-state index contributed by atoms with van der Waals surface area (Å²) in [6, 6.07) is 27.4. The SMILES string of the molecule is COc1cc(C[NH+]2CC[NH+](Cc3ccccc3)CC2)ccc1OCc1ccccc1. The van der Waals surface area contributed by atoms with Crippen molar-refractivity contribution in [2.24, 2.45) is 0 Å². The van der Waals surface area contributed by atoms with E-state index in [4.69, 9.17) is 9.47 Å². The van der Waals surface area contributed by atoms with Crippen molar-refractivity contribution in [2.75, 3.05) is 33.3 Å². The molecule has 1 heterocycles.